The third-order valence-electron chi connectivity index (χ3n) is 4.06. The smallest absolute Gasteiger partial charge is 0.187 e. The molecule has 0 aromatic heterocycles. The first-order valence-electron chi connectivity index (χ1n) is 8.30. The molecule has 1 N–H and O–H groups in total. The fourth-order valence-electron chi connectivity index (χ4n) is 2.74. The molecule has 1 fully saturated rings. The number of nitrogens with one attached hydrogen (secondary N) is 1. The Kier molecular flexibility index (Phi) is 5.89. The Bertz CT molecular complexity index is 748. The first-order valence-corrected chi connectivity index (χ1v) is 9.09. The van der Waals surface area contributed by atoms with E-state index >= 15 is 0 Å². The van der Waals surface area contributed by atoms with Crippen LogP contribution in [0.3, 0.4) is 0 Å². The van der Waals surface area contributed by atoms with E-state index in [1.165, 1.54) is 5.69 Å². The van der Waals surface area contributed by atoms with E-state index in [0.29, 0.717) is 5.56 Å². The predicted octanol–water partition coefficient (Wildman–Crippen LogP) is 4.48. The average Bonchev–Trinajstić information content (AvgIpc) is 2.63. The third kappa shape index (κ3) is 4.94. The van der Waals surface area contributed by atoms with Crippen molar-refractivity contribution in [2.75, 3.05) is 36.5 Å². The highest BCUT2D eigenvalue weighted by Gasteiger charge is 2.10. The molecule has 5 heteroatoms. The molecule has 130 valence electrons. The van der Waals surface area contributed by atoms with Crippen molar-refractivity contribution in [3.8, 4) is 0 Å². The molecule has 0 spiro atoms. The van der Waals surface area contributed by atoms with Crippen LogP contribution in [0.15, 0.2) is 64.8 Å². The van der Waals surface area contributed by atoms with Gasteiger partial charge in [0.05, 0.1) is 13.2 Å². The highest BCUT2D eigenvalue weighted by Crippen LogP contribution is 2.20. The van der Waals surface area contributed by atoms with Crippen molar-refractivity contribution in [2.24, 2.45) is 0 Å². The molecule has 0 saturated carbocycles. The number of ether oxygens (including phenoxy) is 1. The maximum Gasteiger partial charge on any atom is 0.187 e. The second kappa shape index (κ2) is 8.32. The molecule has 3 rings (SSSR count). The normalized spacial score (nSPS) is 15.1. The Morgan fingerprint density at radius 2 is 1.72 bits per heavy atom. The minimum atomic E-state index is -0.0116. The number of rotatable bonds is 5. The summed E-state index contributed by atoms with van der Waals surface area (Å²) in [6, 6.07) is 15.6. The first kappa shape index (κ1) is 17.7. The van der Waals surface area contributed by atoms with Crippen LogP contribution in [0.2, 0.25) is 0 Å². The van der Waals surface area contributed by atoms with Crippen LogP contribution >= 0.6 is 15.9 Å². The molecule has 0 bridgehead atoms. The van der Waals surface area contributed by atoms with E-state index < -0.39 is 0 Å². The number of anilines is 2. The van der Waals surface area contributed by atoms with Crippen LogP contribution in [0.25, 0.3) is 0 Å². The van der Waals surface area contributed by atoms with Crippen molar-refractivity contribution < 1.29 is 9.53 Å². The number of carbonyl (C=O) groups excluding carboxylic acids is 1. The van der Waals surface area contributed by atoms with Gasteiger partial charge < -0.3 is 15.0 Å². The zero-order valence-corrected chi connectivity index (χ0v) is 15.8. The highest BCUT2D eigenvalue weighted by molar-refractivity contribution is 9.10. The number of allylic oxidation sites excluding steroid dienone is 2. The van der Waals surface area contributed by atoms with Gasteiger partial charge in [0, 0.05) is 46.3 Å². The molecular formula is C20H21BrN2O2. The average molecular weight is 401 g/mol. The lowest BCUT2D eigenvalue weighted by Gasteiger charge is -2.29. The number of hydrogen-bond acceptors (Lipinski definition) is 4. The molecule has 2 aromatic rings. The maximum atomic E-state index is 12.3. The molecule has 0 atom stereocenters. The van der Waals surface area contributed by atoms with Crippen molar-refractivity contribution in [1.82, 2.24) is 0 Å². The van der Waals surface area contributed by atoms with Gasteiger partial charge in [-0.3, -0.25) is 4.79 Å². The number of ketones is 1. The summed E-state index contributed by atoms with van der Waals surface area (Å²) in [6.45, 7) is 5.30. The van der Waals surface area contributed by atoms with Crippen LogP contribution in [0.5, 0.6) is 0 Å². The summed E-state index contributed by atoms with van der Waals surface area (Å²) in [6.07, 6.45) is 1.62. The summed E-state index contributed by atoms with van der Waals surface area (Å²) < 4.78 is 6.34. The third-order valence-corrected chi connectivity index (χ3v) is 4.59. The van der Waals surface area contributed by atoms with Gasteiger partial charge in [-0.25, -0.2) is 0 Å². The van der Waals surface area contributed by atoms with Gasteiger partial charge in [-0.2, -0.15) is 0 Å². The summed E-state index contributed by atoms with van der Waals surface area (Å²) >= 11 is 3.37. The zero-order valence-electron chi connectivity index (χ0n) is 14.2. The van der Waals surface area contributed by atoms with E-state index in [1.807, 2.05) is 43.3 Å². The van der Waals surface area contributed by atoms with Gasteiger partial charge in [0.25, 0.3) is 0 Å². The van der Waals surface area contributed by atoms with E-state index in [-0.39, 0.29) is 5.78 Å². The summed E-state index contributed by atoms with van der Waals surface area (Å²) in [4.78, 5) is 14.6. The molecule has 0 aliphatic carbocycles. The number of morpholine rings is 1. The molecule has 2 aromatic carbocycles. The van der Waals surface area contributed by atoms with Gasteiger partial charge in [0.15, 0.2) is 5.78 Å². The molecule has 0 unspecified atom stereocenters. The molecule has 1 saturated heterocycles. The minimum Gasteiger partial charge on any atom is -0.378 e. The zero-order chi connectivity index (χ0) is 17.6. The number of nitrogens with zero attached hydrogens (tertiary/aromatic N) is 1. The quantitative estimate of drug-likeness (QED) is 0.593. The van der Waals surface area contributed by atoms with Gasteiger partial charge in [-0.15, -0.1) is 0 Å². The lowest BCUT2D eigenvalue weighted by atomic mass is 10.1. The van der Waals surface area contributed by atoms with E-state index in [4.69, 9.17) is 4.74 Å². The van der Waals surface area contributed by atoms with Gasteiger partial charge in [-0.1, -0.05) is 15.9 Å². The van der Waals surface area contributed by atoms with Crippen molar-refractivity contribution >= 4 is 33.1 Å². The van der Waals surface area contributed by atoms with Crippen LogP contribution in [0.4, 0.5) is 11.4 Å². The van der Waals surface area contributed by atoms with Crippen molar-refractivity contribution in [1.29, 1.82) is 0 Å². The van der Waals surface area contributed by atoms with E-state index in [1.54, 1.807) is 6.08 Å². The van der Waals surface area contributed by atoms with Crippen molar-refractivity contribution in [3.05, 3.63) is 70.3 Å². The molecule has 1 aliphatic heterocycles. The molecule has 1 aliphatic rings. The molecule has 0 amide bonds. The standard InChI is InChI=1S/C20H21BrN2O2/c1-15(14-20(24)16-2-4-17(21)5-3-16)22-18-6-8-19(9-7-18)23-10-12-25-13-11-23/h2-9,14,22H,10-13H2,1H3/b15-14+. The summed E-state index contributed by atoms with van der Waals surface area (Å²) in [5, 5.41) is 3.27. The van der Waals surface area contributed by atoms with Crippen LogP contribution in [0, 0.1) is 0 Å². The van der Waals surface area contributed by atoms with E-state index in [2.05, 4.69) is 38.3 Å². The Morgan fingerprint density at radius 3 is 2.36 bits per heavy atom. The van der Waals surface area contributed by atoms with Crippen LogP contribution in [-0.2, 0) is 4.74 Å². The molecule has 4 nitrogen and oxygen atoms in total. The lowest BCUT2D eigenvalue weighted by molar-refractivity contribution is 0.104. The number of halogens is 1. The Morgan fingerprint density at radius 1 is 1.08 bits per heavy atom. The van der Waals surface area contributed by atoms with Gasteiger partial charge in [0.1, 0.15) is 0 Å². The largest absolute Gasteiger partial charge is 0.378 e. The Hall–Kier alpha value is -2.11. The summed E-state index contributed by atoms with van der Waals surface area (Å²) in [7, 11) is 0. The van der Waals surface area contributed by atoms with Gasteiger partial charge in [-0.05, 0) is 55.5 Å². The highest BCUT2D eigenvalue weighted by atomic mass is 79.9. The van der Waals surface area contributed by atoms with Crippen LogP contribution in [-0.4, -0.2) is 32.1 Å². The van der Waals surface area contributed by atoms with Crippen molar-refractivity contribution in [2.45, 2.75) is 6.92 Å². The number of carbonyl (C=O) groups is 1. The van der Waals surface area contributed by atoms with Crippen molar-refractivity contribution in [3.63, 3.8) is 0 Å². The lowest BCUT2D eigenvalue weighted by Crippen LogP contribution is -2.36. The second-order valence-electron chi connectivity index (χ2n) is 5.97. The maximum absolute atomic E-state index is 12.3. The topological polar surface area (TPSA) is 41.6 Å². The fourth-order valence-corrected chi connectivity index (χ4v) is 3.00. The SMILES string of the molecule is C/C(=C\C(=O)c1ccc(Br)cc1)Nc1ccc(N2CCOCC2)cc1. The van der Waals surface area contributed by atoms with Crippen LogP contribution < -0.4 is 10.2 Å². The summed E-state index contributed by atoms with van der Waals surface area (Å²) in [5.41, 5.74) is 3.65. The first-order chi connectivity index (χ1) is 12.1. The second-order valence-corrected chi connectivity index (χ2v) is 6.89. The number of hydrogen-bond donors (Lipinski definition) is 1. The van der Waals surface area contributed by atoms with Gasteiger partial charge in [0.2, 0.25) is 0 Å². The van der Waals surface area contributed by atoms with Gasteiger partial charge >= 0.3 is 0 Å². The Labute approximate surface area is 156 Å². The van der Waals surface area contributed by atoms with E-state index in [0.717, 1.165) is 42.2 Å². The predicted molar refractivity (Wildman–Crippen MR) is 105 cm³/mol. The van der Waals surface area contributed by atoms with Crippen LogP contribution in [0.1, 0.15) is 17.3 Å². The molecule has 0 radical (unpaired) electrons. The van der Waals surface area contributed by atoms with E-state index in [9.17, 15) is 4.79 Å². The molecule has 1 heterocycles. The summed E-state index contributed by atoms with van der Waals surface area (Å²) in [5.74, 6) is -0.0116. The fraction of sp³-hybridized carbons (Fsp3) is 0.250. The number of benzene rings is 2. The minimum absolute atomic E-state index is 0.0116. The molecular weight excluding hydrogens is 380 g/mol. The molecule has 25 heavy (non-hydrogen) atoms. The monoisotopic (exact) mass is 400 g/mol. The Balaban J connectivity index is 1.62.